The maximum atomic E-state index is 13.4. The van der Waals surface area contributed by atoms with Crippen LogP contribution in [0, 0.1) is 0 Å². The predicted octanol–water partition coefficient (Wildman–Crippen LogP) is 6.19. The van der Waals surface area contributed by atoms with Gasteiger partial charge < -0.3 is 14.4 Å². The Hall–Kier alpha value is -3.08. The molecule has 3 aromatic rings. The van der Waals surface area contributed by atoms with Crippen molar-refractivity contribution >= 4 is 17.5 Å². The fourth-order valence-corrected chi connectivity index (χ4v) is 4.26. The zero-order valence-electron chi connectivity index (χ0n) is 18.1. The van der Waals surface area contributed by atoms with Gasteiger partial charge >= 0.3 is 0 Å². The maximum absolute atomic E-state index is 13.4. The van der Waals surface area contributed by atoms with E-state index in [1.165, 1.54) is 0 Å². The molecule has 3 aromatic carbocycles. The van der Waals surface area contributed by atoms with Gasteiger partial charge in [-0.25, -0.2) is 0 Å². The second kappa shape index (κ2) is 9.60. The van der Waals surface area contributed by atoms with Gasteiger partial charge in [-0.2, -0.15) is 0 Å². The molecule has 1 atom stereocenters. The summed E-state index contributed by atoms with van der Waals surface area (Å²) in [5.74, 6) is 0.751. The second-order valence-corrected chi connectivity index (χ2v) is 8.12. The van der Waals surface area contributed by atoms with Gasteiger partial charge in [0.05, 0.1) is 6.61 Å². The molecule has 0 N–H and O–H groups in total. The fourth-order valence-electron chi connectivity index (χ4n) is 4.13. The summed E-state index contributed by atoms with van der Waals surface area (Å²) >= 11 is 6.17. The number of fused-ring (bicyclic) bond motifs is 1. The van der Waals surface area contributed by atoms with E-state index in [-0.39, 0.29) is 5.91 Å². The Morgan fingerprint density at radius 3 is 2.44 bits per heavy atom. The lowest BCUT2D eigenvalue weighted by Crippen LogP contribution is -2.47. The summed E-state index contributed by atoms with van der Waals surface area (Å²) in [6.45, 7) is 7.09. The molecule has 0 radical (unpaired) electrons. The summed E-state index contributed by atoms with van der Waals surface area (Å²) in [5, 5.41) is 0.638. The van der Waals surface area contributed by atoms with Crippen LogP contribution < -0.4 is 4.74 Å². The highest BCUT2D eigenvalue weighted by Crippen LogP contribution is 2.46. The van der Waals surface area contributed by atoms with Crippen molar-refractivity contribution < 1.29 is 14.3 Å². The monoisotopic (exact) mass is 447 g/mol. The molecule has 0 fully saturated rings. The molecule has 5 heteroatoms. The number of nitrogens with zero attached hydrogens (tertiary/aromatic N) is 1. The van der Waals surface area contributed by atoms with Gasteiger partial charge in [-0.3, -0.25) is 4.79 Å². The fraction of sp³-hybridized carbons (Fsp3) is 0.222. The molecule has 0 saturated heterocycles. The Bertz CT molecular complexity index is 1090. The van der Waals surface area contributed by atoms with Gasteiger partial charge in [0.25, 0.3) is 5.91 Å². The first-order valence-electron chi connectivity index (χ1n) is 10.7. The van der Waals surface area contributed by atoms with Crippen molar-refractivity contribution in [1.82, 2.24) is 4.90 Å². The molecule has 0 aliphatic carbocycles. The van der Waals surface area contributed by atoms with E-state index in [1.54, 1.807) is 6.08 Å². The van der Waals surface area contributed by atoms with E-state index in [0.29, 0.717) is 30.3 Å². The van der Waals surface area contributed by atoms with Crippen molar-refractivity contribution in [1.29, 1.82) is 0 Å². The van der Waals surface area contributed by atoms with Gasteiger partial charge in [0, 0.05) is 28.3 Å². The molecule has 4 rings (SSSR count). The minimum atomic E-state index is -1.02. The normalized spacial score (nSPS) is 17.3. The number of rotatable bonds is 9. The summed E-state index contributed by atoms with van der Waals surface area (Å²) in [7, 11) is 0. The summed E-state index contributed by atoms with van der Waals surface area (Å²) < 4.78 is 12.3. The number of amides is 1. The van der Waals surface area contributed by atoms with E-state index in [4.69, 9.17) is 21.1 Å². The van der Waals surface area contributed by atoms with Crippen LogP contribution in [0.3, 0.4) is 0 Å². The molecule has 32 heavy (non-hydrogen) atoms. The molecule has 1 amide bonds. The third kappa shape index (κ3) is 4.04. The highest BCUT2D eigenvalue weighted by Gasteiger charge is 2.51. The van der Waals surface area contributed by atoms with Gasteiger partial charge in [0.2, 0.25) is 0 Å². The van der Waals surface area contributed by atoms with E-state index in [2.05, 4.69) is 13.5 Å². The van der Waals surface area contributed by atoms with Crippen molar-refractivity contribution in [2.24, 2.45) is 0 Å². The van der Waals surface area contributed by atoms with Crippen LogP contribution in [0.2, 0.25) is 5.02 Å². The van der Waals surface area contributed by atoms with Gasteiger partial charge in [0.1, 0.15) is 12.4 Å². The molecule has 1 unspecified atom stereocenters. The molecule has 0 aromatic heterocycles. The second-order valence-electron chi connectivity index (χ2n) is 7.69. The molecule has 4 nitrogen and oxygen atoms in total. The Morgan fingerprint density at radius 1 is 1.03 bits per heavy atom. The summed E-state index contributed by atoms with van der Waals surface area (Å²) in [6, 6.07) is 23.0. The first-order valence-corrected chi connectivity index (χ1v) is 11.1. The number of hydrogen-bond acceptors (Lipinski definition) is 3. The minimum absolute atomic E-state index is 0.0226. The lowest BCUT2D eigenvalue weighted by atomic mass is 9.93. The van der Waals surface area contributed by atoms with Crippen LogP contribution >= 0.6 is 11.6 Å². The summed E-state index contributed by atoms with van der Waals surface area (Å²) in [4.78, 5) is 15.2. The molecule has 1 aliphatic rings. The summed E-state index contributed by atoms with van der Waals surface area (Å²) in [5.41, 5.74) is 2.36. The standard InChI is InChI=1S/C27H26ClNO3/c1-3-17-29-26(30)24-7-5-6-8-25(24)27(29,21-11-13-22(28)14-12-21)32-19-20-9-15-23(16-10-20)31-18-4-2/h4-16H,2-3,17-19H2,1H3. The largest absolute Gasteiger partial charge is 0.490 e. The van der Waals surface area contributed by atoms with Crippen LogP contribution in [0.1, 0.15) is 40.4 Å². The maximum Gasteiger partial charge on any atom is 0.257 e. The third-order valence-corrected chi connectivity index (χ3v) is 5.82. The van der Waals surface area contributed by atoms with Crippen molar-refractivity contribution in [2.45, 2.75) is 25.7 Å². The first kappa shape index (κ1) is 22.1. The Labute approximate surface area is 194 Å². The Kier molecular flexibility index (Phi) is 6.63. The number of hydrogen-bond donors (Lipinski definition) is 0. The Balaban J connectivity index is 1.74. The predicted molar refractivity (Wildman–Crippen MR) is 127 cm³/mol. The van der Waals surface area contributed by atoms with Crippen molar-refractivity contribution in [3.63, 3.8) is 0 Å². The van der Waals surface area contributed by atoms with E-state index in [9.17, 15) is 4.79 Å². The van der Waals surface area contributed by atoms with Crippen LogP contribution in [0.4, 0.5) is 0 Å². The number of carbonyl (C=O) groups is 1. The van der Waals surface area contributed by atoms with Crippen LogP contribution in [0.5, 0.6) is 5.75 Å². The van der Waals surface area contributed by atoms with Crippen molar-refractivity contribution in [3.8, 4) is 5.75 Å². The highest BCUT2D eigenvalue weighted by atomic mass is 35.5. The van der Waals surface area contributed by atoms with Gasteiger partial charge in [-0.15, -0.1) is 0 Å². The van der Waals surface area contributed by atoms with E-state index in [0.717, 1.165) is 28.9 Å². The van der Waals surface area contributed by atoms with Crippen LogP contribution in [-0.4, -0.2) is 24.0 Å². The number of ether oxygens (including phenoxy) is 2. The van der Waals surface area contributed by atoms with Gasteiger partial charge in [-0.05, 0) is 42.3 Å². The van der Waals surface area contributed by atoms with Crippen LogP contribution in [-0.2, 0) is 17.1 Å². The number of halogens is 1. The summed E-state index contributed by atoms with van der Waals surface area (Å²) in [6.07, 6.45) is 2.53. The van der Waals surface area contributed by atoms with E-state index in [1.807, 2.05) is 77.7 Å². The van der Waals surface area contributed by atoms with Crippen LogP contribution in [0.15, 0.2) is 85.5 Å². The Morgan fingerprint density at radius 2 is 1.75 bits per heavy atom. The number of benzene rings is 3. The smallest absolute Gasteiger partial charge is 0.257 e. The molecule has 1 aliphatic heterocycles. The average molecular weight is 448 g/mol. The van der Waals surface area contributed by atoms with Crippen molar-refractivity contribution in [2.75, 3.05) is 13.2 Å². The lowest BCUT2D eigenvalue weighted by Gasteiger charge is -2.39. The molecule has 0 spiro atoms. The quantitative estimate of drug-likeness (QED) is 0.367. The number of carbonyl (C=O) groups excluding carboxylic acids is 1. The lowest BCUT2D eigenvalue weighted by molar-refractivity contribution is -0.117. The molecular weight excluding hydrogens is 422 g/mol. The first-order chi connectivity index (χ1) is 15.6. The van der Waals surface area contributed by atoms with Gasteiger partial charge in [-0.1, -0.05) is 73.6 Å². The highest BCUT2D eigenvalue weighted by molar-refractivity contribution is 6.30. The minimum Gasteiger partial charge on any atom is -0.490 e. The molecule has 0 bridgehead atoms. The molecule has 164 valence electrons. The zero-order valence-corrected chi connectivity index (χ0v) is 18.8. The molecule has 0 saturated carbocycles. The third-order valence-electron chi connectivity index (χ3n) is 5.57. The molecule has 1 heterocycles. The van der Waals surface area contributed by atoms with E-state index < -0.39 is 5.72 Å². The van der Waals surface area contributed by atoms with Gasteiger partial charge in [0.15, 0.2) is 5.72 Å². The zero-order chi connectivity index (χ0) is 22.6. The topological polar surface area (TPSA) is 38.8 Å². The van der Waals surface area contributed by atoms with E-state index >= 15 is 0 Å². The van der Waals surface area contributed by atoms with Crippen molar-refractivity contribution in [3.05, 3.63) is 113 Å². The average Bonchev–Trinajstić information content (AvgIpc) is 3.06. The van der Waals surface area contributed by atoms with Crippen LogP contribution in [0.25, 0.3) is 0 Å². The SMILES string of the molecule is C=CCOc1ccc(COC2(c3ccc(Cl)cc3)c3ccccc3C(=O)N2CCC)cc1. The molecular formula is C27H26ClNO3.